The molecule has 0 aliphatic heterocycles. The van der Waals surface area contributed by atoms with Crippen LogP contribution in [-0.2, 0) is 19.1 Å². The van der Waals surface area contributed by atoms with Crippen LogP contribution in [0.5, 0.6) is 0 Å². The van der Waals surface area contributed by atoms with E-state index < -0.39 is 0 Å². The lowest BCUT2D eigenvalue weighted by Crippen LogP contribution is -2.14. The highest BCUT2D eigenvalue weighted by Gasteiger charge is 2.08. The Balaban J connectivity index is 3.11. The maximum atomic E-state index is 11.2. The van der Waals surface area contributed by atoms with E-state index in [1.165, 1.54) is 38.5 Å². The number of hydrogen-bond donors (Lipinski definition) is 0. The van der Waals surface area contributed by atoms with Crippen molar-refractivity contribution in [3.63, 3.8) is 0 Å². The third kappa shape index (κ3) is 16.1. The van der Waals surface area contributed by atoms with E-state index >= 15 is 0 Å². The van der Waals surface area contributed by atoms with Crippen molar-refractivity contribution in [2.45, 2.75) is 89.3 Å². The minimum atomic E-state index is -0.207. The number of unbranched alkanes of at least 4 members (excludes halogenated alkanes) is 9. The zero-order chi connectivity index (χ0) is 17.3. The van der Waals surface area contributed by atoms with Gasteiger partial charge in [0, 0.05) is 6.42 Å². The molecule has 0 rings (SSSR count). The molecule has 1 unspecified atom stereocenters. The van der Waals surface area contributed by atoms with Crippen molar-refractivity contribution in [1.82, 2.24) is 0 Å². The lowest BCUT2D eigenvalue weighted by atomic mass is 10.1. The summed E-state index contributed by atoms with van der Waals surface area (Å²) in [5.74, 6) is -0.268. The van der Waals surface area contributed by atoms with Crippen LogP contribution in [0.1, 0.15) is 84.5 Å². The second-order valence-electron chi connectivity index (χ2n) is 5.89. The second-order valence-corrected chi connectivity index (χ2v) is 7.27. The van der Waals surface area contributed by atoms with Crippen LogP contribution in [0, 0.1) is 0 Å². The van der Waals surface area contributed by atoms with Crippen LogP contribution in [0.2, 0.25) is 0 Å². The number of carbonyl (C=O) groups excluding carboxylic acids is 2. The van der Waals surface area contributed by atoms with E-state index in [2.05, 4.69) is 15.9 Å². The Morgan fingerprint density at radius 1 is 0.783 bits per heavy atom. The van der Waals surface area contributed by atoms with Gasteiger partial charge in [-0.15, -0.1) is 0 Å². The van der Waals surface area contributed by atoms with Gasteiger partial charge in [-0.25, -0.2) is 0 Å². The standard InChI is InChI=1S/C18H33BrO4/c1-3-17(20)22-14-12-10-8-6-4-5-7-9-11-13-15-23-18(21)16(2)19/h16H,3-15H2,1-2H3. The van der Waals surface area contributed by atoms with E-state index in [0.717, 1.165) is 25.7 Å². The van der Waals surface area contributed by atoms with E-state index in [1.54, 1.807) is 6.92 Å². The lowest BCUT2D eigenvalue weighted by Gasteiger charge is -2.06. The van der Waals surface area contributed by atoms with Gasteiger partial charge in [0.2, 0.25) is 0 Å². The molecule has 0 aliphatic rings. The molecule has 4 nitrogen and oxygen atoms in total. The summed E-state index contributed by atoms with van der Waals surface area (Å²) < 4.78 is 10.1. The monoisotopic (exact) mass is 392 g/mol. The van der Waals surface area contributed by atoms with Crippen LogP contribution in [-0.4, -0.2) is 30.0 Å². The summed E-state index contributed by atoms with van der Waals surface area (Å²) in [5, 5.41) is 0. The number of alkyl halides is 1. The van der Waals surface area contributed by atoms with E-state index in [4.69, 9.17) is 9.47 Å². The Hall–Kier alpha value is -0.580. The molecule has 0 saturated carbocycles. The van der Waals surface area contributed by atoms with Crippen molar-refractivity contribution in [3.05, 3.63) is 0 Å². The number of esters is 2. The molecule has 0 aromatic carbocycles. The molecule has 5 heteroatoms. The molecule has 0 radical (unpaired) electrons. The topological polar surface area (TPSA) is 52.6 Å². The fourth-order valence-corrected chi connectivity index (χ4v) is 2.33. The van der Waals surface area contributed by atoms with Crippen LogP contribution in [0.25, 0.3) is 0 Å². The van der Waals surface area contributed by atoms with Crippen LogP contribution in [0.15, 0.2) is 0 Å². The molecule has 0 aliphatic carbocycles. The van der Waals surface area contributed by atoms with Gasteiger partial charge in [-0.2, -0.15) is 0 Å². The average molecular weight is 393 g/mol. The Bertz CT molecular complexity index is 305. The van der Waals surface area contributed by atoms with Gasteiger partial charge in [0.25, 0.3) is 0 Å². The zero-order valence-electron chi connectivity index (χ0n) is 14.8. The molecule has 136 valence electrons. The van der Waals surface area contributed by atoms with E-state index in [9.17, 15) is 9.59 Å². The highest BCUT2D eigenvalue weighted by molar-refractivity contribution is 9.10. The number of hydrogen-bond acceptors (Lipinski definition) is 4. The first kappa shape index (κ1) is 22.4. The first-order valence-corrected chi connectivity index (χ1v) is 9.95. The van der Waals surface area contributed by atoms with Crippen LogP contribution in [0.3, 0.4) is 0 Å². The van der Waals surface area contributed by atoms with Gasteiger partial charge >= 0.3 is 11.9 Å². The van der Waals surface area contributed by atoms with Gasteiger partial charge in [0.05, 0.1) is 13.2 Å². The summed E-state index contributed by atoms with van der Waals surface area (Å²) in [5.41, 5.74) is 0. The number of rotatable bonds is 15. The summed E-state index contributed by atoms with van der Waals surface area (Å²) in [6, 6.07) is 0. The smallest absolute Gasteiger partial charge is 0.319 e. The highest BCUT2D eigenvalue weighted by Crippen LogP contribution is 2.11. The Morgan fingerprint density at radius 3 is 1.57 bits per heavy atom. The Morgan fingerprint density at radius 2 is 1.17 bits per heavy atom. The zero-order valence-corrected chi connectivity index (χ0v) is 16.4. The molecule has 0 saturated heterocycles. The summed E-state index contributed by atoms with van der Waals surface area (Å²) >= 11 is 3.19. The minimum absolute atomic E-state index is 0.0959. The van der Waals surface area contributed by atoms with Crippen molar-refractivity contribution < 1.29 is 19.1 Å². The first-order chi connectivity index (χ1) is 11.1. The molecule has 0 heterocycles. The van der Waals surface area contributed by atoms with Gasteiger partial charge in [-0.05, 0) is 19.8 Å². The Labute approximate surface area is 149 Å². The lowest BCUT2D eigenvalue weighted by molar-refractivity contribution is -0.144. The number of halogens is 1. The highest BCUT2D eigenvalue weighted by atomic mass is 79.9. The first-order valence-electron chi connectivity index (χ1n) is 9.04. The normalized spacial score (nSPS) is 12.0. The average Bonchev–Trinajstić information content (AvgIpc) is 2.54. The molecular formula is C18H33BrO4. The number of carbonyl (C=O) groups is 2. The maximum absolute atomic E-state index is 11.2. The fourth-order valence-electron chi connectivity index (χ4n) is 2.19. The molecule has 0 aromatic heterocycles. The van der Waals surface area contributed by atoms with E-state index in [0.29, 0.717) is 19.6 Å². The number of ether oxygens (including phenoxy) is 2. The molecular weight excluding hydrogens is 360 g/mol. The predicted molar refractivity (Wildman–Crippen MR) is 96.8 cm³/mol. The Kier molecular flexibility index (Phi) is 15.9. The van der Waals surface area contributed by atoms with Crippen molar-refractivity contribution in [2.75, 3.05) is 13.2 Å². The molecule has 0 amide bonds. The SMILES string of the molecule is CCC(=O)OCCCCCCCCCCCCOC(=O)C(C)Br. The summed E-state index contributed by atoms with van der Waals surface area (Å²) in [7, 11) is 0. The predicted octanol–water partition coefficient (Wildman–Crippen LogP) is 5.17. The van der Waals surface area contributed by atoms with Crippen LogP contribution < -0.4 is 0 Å². The van der Waals surface area contributed by atoms with Gasteiger partial charge < -0.3 is 9.47 Å². The molecule has 0 spiro atoms. The van der Waals surface area contributed by atoms with Gasteiger partial charge in [-0.1, -0.05) is 74.2 Å². The largest absolute Gasteiger partial charge is 0.466 e. The third-order valence-electron chi connectivity index (χ3n) is 3.66. The molecule has 23 heavy (non-hydrogen) atoms. The summed E-state index contributed by atoms with van der Waals surface area (Å²) in [6.45, 7) is 4.71. The second kappa shape index (κ2) is 16.3. The van der Waals surface area contributed by atoms with E-state index in [-0.39, 0.29) is 16.8 Å². The quantitative estimate of drug-likeness (QED) is 0.219. The molecule has 0 fully saturated rings. The van der Waals surface area contributed by atoms with Gasteiger partial charge in [0.15, 0.2) is 0 Å². The van der Waals surface area contributed by atoms with Crippen molar-refractivity contribution >= 4 is 27.9 Å². The van der Waals surface area contributed by atoms with Gasteiger partial charge in [0.1, 0.15) is 4.83 Å². The maximum Gasteiger partial charge on any atom is 0.319 e. The van der Waals surface area contributed by atoms with E-state index in [1.807, 2.05) is 6.92 Å². The van der Waals surface area contributed by atoms with Crippen molar-refractivity contribution in [2.24, 2.45) is 0 Å². The summed E-state index contributed by atoms with van der Waals surface area (Å²) in [4.78, 5) is 21.9. The van der Waals surface area contributed by atoms with Crippen LogP contribution in [0.4, 0.5) is 0 Å². The van der Waals surface area contributed by atoms with Crippen LogP contribution >= 0.6 is 15.9 Å². The van der Waals surface area contributed by atoms with Gasteiger partial charge in [-0.3, -0.25) is 9.59 Å². The molecule has 0 bridgehead atoms. The van der Waals surface area contributed by atoms with Crippen molar-refractivity contribution in [1.29, 1.82) is 0 Å². The minimum Gasteiger partial charge on any atom is -0.466 e. The molecule has 0 aromatic rings. The fraction of sp³-hybridized carbons (Fsp3) is 0.889. The summed E-state index contributed by atoms with van der Waals surface area (Å²) in [6.07, 6.45) is 12.2. The van der Waals surface area contributed by atoms with Crippen molar-refractivity contribution in [3.8, 4) is 0 Å². The molecule has 0 N–H and O–H groups in total. The third-order valence-corrected chi connectivity index (χ3v) is 4.03. The molecule has 1 atom stereocenters.